The molecule has 0 saturated heterocycles. The summed E-state index contributed by atoms with van der Waals surface area (Å²) in [6, 6.07) is 19.1. The number of aryl methyl sites for hydroxylation is 1. The Labute approximate surface area is 124 Å². The Balaban J connectivity index is 1.83. The van der Waals surface area contributed by atoms with E-state index in [9.17, 15) is 0 Å². The first kappa shape index (κ1) is 13.3. The van der Waals surface area contributed by atoms with Gasteiger partial charge in [0.05, 0.1) is 5.70 Å². The van der Waals surface area contributed by atoms with Crippen LogP contribution < -0.4 is 5.73 Å². The minimum atomic E-state index is -0.00786. The summed E-state index contributed by atoms with van der Waals surface area (Å²) >= 11 is 1.67. The van der Waals surface area contributed by atoms with E-state index in [0.717, 1.165) is 6.54 Å². The van der Waals surface area contributed by atoms with Crippen molar-refractivity contribution < 1.29 is 0 Å². The lowest BCUT2D eigenvalue weighted by atomic mass is 10.1. The number of hydrogen-bond acceptors (Lipinski definition) is 3. The fourth-order valence-corrected chi connectivity index (χ4v) is 3.20. The highest BCUT2D eigenvalue weighted by Crippen LogP contribution is 2.35. The Bertz CT molecular complexity index is 605. The van der Waals surface area contributed by atoms with Gasteiger partial charge in [-0.05, 0) is 23.5 Å². The molecule has 0 aliphatic carbocycles. The van der Waals surface area contributed by atoms with Gasteiger partial charge in [0, 0.05) is 6.54 Å². The third kappa shape index (κ3) is 2.74. The molecule has 2 aromatic carbocycles. The van der Waals surface area contributed by atoms with Gasteiger partial charge in [0.15, 0.2) is 0 Å². The Morgan fingerprint density at radius 1 is 1.05 bits per heavy atom. The average molecular weight is 282 g/mol. The molecule has 2 aromatic rings. The maximum Gasteiger partial charge on any atom is 0.130 e. The molecule has 0 amide bonds. The number of nitrogens with zero attached hydrogens (tertiary/aromatic N) is 1. The minimum absolute atomic E-state index is 0.00786. The molecular weight excluding hydrogens is 264 g/mol. The van der Waals surface area contributed by atoms with Crippen LogP contribution in [-0.4, -0.2) is 10.4 Å². The van der Waals surface area contributed by atoms with Crippen LogP contribution in [0.3, 0.4) is 0 Å². The maximum absolute atomic E-state index is 6.22. The minimum Gasteiger partial charge on any atom is -0.342 e. The summed E-state index contributed by atoms with van der Waals surface area (Å²) in [4.78, 5) is 2.25. The van der Waals surface area contributed by atoms with E-state index in [1.807, 2.05) is 6.07 Å². The van der Waals surface area contributed by atoms with Crippen LogP contribution in [0.15, 0.2) is 60.0 Å². The number of nitrogens with two attached hydrogens (primary N) is 1. The van der Waals surface area contributed by atoms with Crippen molar-refractivity contribution in [3.63, 3.8) is 0 Å². The van der Waals surface area contributed by atoms with Gasteiger partial charge in [-0.2, -0.15) is 0 Å². The lowest BCUT2D eigenvalue weighted by Crippen LogP contribution is -2.34. The zero-order chi connectivity index (χ0) is 13.9. The molecule has 1 unspecified atom stereocenters. The monoisotopic (exact) mass is 282 g/mol. The fourth-order valence-electron chi connectivity index (χ4n) is 2.32. The first-order valence-corrected chi connectivity index (χ1v) is 7.67. The van der Waals surface area contributed by atoms with Crippen LogP contribution in [0.5, 0.6) is 0 Å². The van der Waals surface area contributed by atoms with Crippen molar-refractivity contribution in [1.29, 1.82) is 0 Å². The first-order chi connectivity index (χ1) is 9.74. The molecule has 1 aliphatic heterocycles. The summed E-state index contributed by atoms with van der Waals surface area (Å²) in [7, 11) is 0. The molecule has 0 fully saturated rings. The number of benzene rings is 2. The topological polar surface area (TPSA) is 29.3 Å². The third-order valence-electron chi connectivity index (χ3n) is 3.48. The molecule has 2 nitrogen and oxygen atoms in total. The first-order valence-electron chi connectivity index (χ1n) is 6.73. The van der Waals surface area contributed by atoms with Crippen LogP contribution in [0.1, 0.15) is 16.7 Å². The SMILES string of the molecule is Cc1ccc(CN2C(c3ccccc3)=CSC2N)cc1. The van der Waals surface area contributed by atoms with Gasteiger partial charge in [-0.25, -0.2) is 0 Å². The van der Waals surface area contributed by atoms with Gasteiger partial charge in [-0.15, -0.1) is 0 Å². The van der Waals surface area contributed by atoms with Crippen LogP contribution in [-0.2, 0) is 6.54 Å². The summed E-state index contributed by atoms with van der Waals surface area (Å²) in [5, 5.41) is 2.16. The van der Waals surface area contributed by atoms with Crippen molar-refractivity contribution in [3.05, 3.63) is 76.7 Å². The van der Waals surface area contributed by atoms with E-state index in [1.54, 1.807) is 11.8 Å². The van der Waals surface area contributed by atoms with Crippen molar-refractivity contribution in [2.75, 3.05) is 0 Å². The molecule has 0 spiro atoms. The van der Waals surface area contributed by atoms with Gasteiger partial charge in [-0.3, -0.25) is 0 Å². The average Bonchev–Trinajstić information content (AvgIpc) is 2.84. The van der Waals surface area contributed by atoms with Gasteiger partial charge < -0.3 is 10.6 Å². The van der Waals surface area contributed by atoms with Crippen molar-refractivity contribution in [2.24, 2.45) is 5.73 Å². The van der Waals surface area contributed by atoms with Gasteiger partial charge in [0.1, 0.15) is 5.50 Å². The summed E-state index contributed by atoms with van der Waals surface area (Å²) in [6.07, 6.45) is 0. The van der Waals surface area contributed by atoms with E-state index >= 15 is 0 Å². The van der Waals surface area contributed by atoms with Crippen LogP contribution in [0, 0.1) is 6.92 Å². The highest BCUT2D eigenvalue weighted by molar-refractivity contribution is 8.03. The number of hydrogen-bond donors (Lipinski definition) is 1. The second-order valence-corrected chi connectivity index (χ2v) is 6.00. The van der Waals surface area contributed by atoms with Gasteiger partial charge in [-0.1, -0.05) is 71.9 Å². The molecule has 1 atom stereocenters. The molecule has 0 bridgehead atoms. The summed E-state index contributed by atoms with van der Waals surface area (Å²) in [5.41, 5.74) is 11.2. The highest BCUT2D eigenvalue weighted by atomic mass is 32.2. The standard InChI is InChI=1S/C17H18N2S/c1-13-7-9-14(10-8-13)11-19-16(12-20-17(19)18)15-5-3-2-4-6-15/h2-10,12,17H,11,18H2,1H3. The van der Waals surface area contributed by atoms with Crippen LogP contribution in [0.4, 0.5) is 0 Å². The Morgan fingerprint density at radius 2 is 1.75 bits per heavy atom. The van der Waals surface area contributed by atoms with Crippen molar-refractivity contribution in [2.45, 2.75) is 19.0 Å². The molecular formula is C17H18N2S. The largest absolute Gasteiger partial charge is 0.342 e. The lowest BCUT2D eigenvalue weighted by Gasteiger charge is -2.26. The second kappa shape index (κ2) is 5.73. The highest BCUT2D eigenvalue weighted by Gasteiger charge is 2.24. The molecule has 0 saturated carbocycles. The van der Waals surface area contributed by atoms with Crippen molar-refractivity contribution >= 4 is 17.5 Å². The smallest absolute Gasteiger partial charge is 0.130 e. The molecule has 0 radical (unpaired) electrons. The Morgan fingerprint density at radius 3 is 2.45 bits per heavy atom. The lowest BCUT2D eigenvalue weighted by molar-refractivity contribution is 0.380. The molecule has 3 heteroatoms. The molecule has 102 valence electrons. The normalized spacial score (nSPS) is 18.2. The van der Waals surface area contributed by atoms with Gasteiger partial charge in [0.2, 0.25) is 0 Å². The quantitative estimate of drug-likeness (QED) is 0.929. The van der Waals surface area contributed by atoms with Crippen LogP contribution >= 0.6 is 11.8 Å². The van der Waals surface area contributed by atoms with E-state index in [-0.39, 0.29) is 5.50 Å². The second-order valence-electron chi connectivity index (χ2n) is 5.01. The van der Waals surface area contributed by atoms with E-state index in [4.69, 9.17) is 5.73 Å². The molecule has 1 aliphatic rings. The molecule has 2 N–H and O–H groups in total. The van der Waals surface area contributed by atoms with Crippen LogP contribution in [0.2, 0.25) is 0 Å². The Kier molecular flexibility index (Phi) is 3.81. The summed E-state index contributed by atoms with van der Waals surface area (Å²) in [5.74, 6) is 0. The summed E-state index contributed by atoms with van der Waals surface area (Å²) in [6.45, 7) is 2.95. The number of rotatable bonds is 3. The summed E-state index contributed by atoms with van der Waals surface area (Å²) < 4.78 is 0. The molecule has 20 heavy (non-hydrogen) atoms. The van der Waals surface area contributed by atoms with Crippen molar-refractivity contribution in [1.82, 2.24) is 4.90 Å². The molecule has 1 heterocycles. The van der Waals surface area contributed by atoms with E-state index in [2.05, 4.69) is 65.8 Å². The molecule has 0 aromatic heterocycles. The number of thioether (sulfide) groups is 1. The molecule has 3 rings (SSSR count). The third-order valence-corrected chi connectivity index (χ3v) is 4.37. The predicted octanol–water partition coefficient (Wildman–Crippen LogP) is 3.78. The Hall–Kier alpha value is -1.71. The fraction of sp³-hybridized carbons (Fsp3) is 0.176. The predicted molar refractivity (Wildman–Crippen MR) is 86.7 cm³/mol. The van der Waals surface area contributed by atoms with Gasteiger partial charge in [0.25, 0.3) is 0 Å². The van der Waals surface area contributed by atoms with E-state index in [0.29, 0.717) is 0 Å². The maximum atomic E-state index is 6.22. The van der Waals surface area contributed by atoms with Crippen molar-refractivity contribution in [3.8, 4) is 0 Å². The van der Waals surface area contributed by atoms with Gasteiger partial charge >= 0.3 is 0 Å². The van der Waals surface area contributed by atoms with E-state index < -0.39 is 0 Å². The zero-order valence-corrected chi connectivity index (χ0v) is 12.3. The van der Waals surface area contributed by atoms with Crippen LogP contribution in [0.25, 0.3) is 5.70 Å². The zero-order valence-electron chi connectivity index (χ0n) is 11.5. The van der Waals surface area contributed by atoms with E-state index in [1.165, 1.54) is 22.4 Å².